The van der Waals surface area contributed by atoms with Gasteiger partial charge in [-0.05, 0) is 0 Å². The van der Waals surface area contributed by atoms with Crippen molar-refractivity contribution in [3.05, 3.63) is 18.1 Å². The van der Waals surface area contributed by atoms with Crippen molar-refractivity contribution < 1.29 is 23.4 Å². The van der Waals surface area contributed by atoms with Gasteiger partial charge in [-0.1, -0.05) is 0 Å². The van der Waals surface area contributed by atoms with Gasteiger partial charge in [-0.25, -0.2) is 18.6 Å². The van der Waals surface area contributed by atoms with Gasteiger partial charge in [-0.2, -0.15) is 0 Å². The number of aromatic nitrogens is 2. The van der Waals surface area contributed by atoms with E-state index in [1.54, 1.807) is 0 Å². The van der Waals surface area contributed by atoms with Gasteiger partial charge < -0.3 is 15.2 Å². The van der Waals surface area contributed by atoms with E-state index in [0.29, 0.717) is 0 Å². The average molecular weight is 247 g/mol. The fourth-order valence-corrected chi connectivity index (χ4v) is 0.952. The molecule has 17 heavy (non-hydrogen) atoms. The van der Waals surface area contributed by atoms with Crippen molar-refractivity contribution in [3.63, 3.8) is 0 Å². The van der Waals surface area contributed by atoms with Crippen molar-refractivity contribution in [1.29, 1.82) is 0 Å². The lowest BCUT2D eigenvalue weighted by Gasteiger charge is -2.11. The maximum absolute atomic E-state index is 12.0. The maximum atomic E-state index is 12.0. The Labute approximate surface area is 95.6 Å². The molecule has 0 aromatic carbocycles. The number of carbonyl (C=O) groups is 1. The highest BCUT2D eigenvalue weighted by atomic mass is 19.3. The Morgan fingerprint density at radius 3 is 2.88 bits per heavy atom. The van der Waals surface area contributed by atoms with Gasteiger partial charge in [0.2, 0.25) is 0 Å². The zero-order valence-corrected chi connectivity index (χ0v) is 8.93. The molecule has 0 fully saturated rings. The number of anilines is 1. The molecule has 0 radical (unpaired) electrons. The van der Waals surface area contributed by atoms with Crippen LogP contribution in [0.25, 0.3) is 0 Å². The Morgan fingerprint density at radius 1 is 1.59 bits per heavy atom. The molecule has 1 aromatic heterocycles. The molecule has 6 nitrogen and oxygen atoms in total. The highest BCUT2D eigenvalue weighted by molar-refractivity contribution is 5.87. The first-order chi connectivity index (χ1) is 8.04. The molecular formula is C9H11F2N3O3. The second-order valence-corrected chi connectivity index (χ2v) is 3.06. The highest BCUT2D eigenvalue weighted by Gasteiger charge is 2.16. The molecule has 0 bridgehead atoms. The van der Waals surface area contributed by atoms with Gasteiger partial charge in [0.05, 0.1) is 19.5 Å². The summed E-state index contributed by atoms with van der Waals surface area (Å²) in [7, 11) is 1.19. The fraction of sp³-hybridized carbons (Fsp3) is 0.444. The number of nitrogens with one attached hydrogen (secondary N) is 1. The molecule has 1 unspecified atom stereocenters. The number of alkyl halides is 2. The molecule has 1 rings (SSSR count). The second kappa shape index (κ2) is 6.04. The van der Waals surface area contributed by atoms with E-state index in [2.05, 4.69) is 20.0 Å². The third-order valence-corrected chi connectivity index (χ3v) is 1.81. The molecule has 8 heteroatoms. The van der Waals surface area contributed by atoms with Gasteiger partial charge in [0.25, 0.3) is 6.43 Å². The van der Waals surface area contributed by atoms with Crippen molar-refractivity contribution in [3.8, 4) is 0 Å². The number of aliphatic hydroxyl groups excluding tert-OH is 1. The summed E-state index contributed by atoms with van der Waals surface area (Å²) >= 11 is 0. The second-order valence-electron chi connectivity index (χ2n) is 3.06. The summed E-state index contributed by atoms with van der Waals surface area (Å²) in [6.45, 7) is -0.392. The predicted molar refractivity (Wildman–Crippen MR) is 53.9 cm³/mol. The predicted octanol–water partition coefficient (Wildman–Crippen LogP) is 0.301. The van der Waals surface area contributed by atoms with Crippen LogP contribution in [0.2, 0.25) is 0 Å². The zero-order chi connectivity index (χ0) is 12.8. The maximum Gasteiger partial charge on any atom is 0.358 e. The SMILES string of the molecule is COC(=O)c1cncc(NCC(O)C(F)F)n1. The number of rotatable bonds is 5. The first-order valence-corrected chi connectivity index (χ1v) is 4.65. The van der Waals surface area contributed by atoms with Crippen LogP contribution in [0.15, 0.2) is 12.4 Å². The van der Waals surface area contributed by atoms with Crippen LogP contribution in [-0.2, 0) is 4.74 Å². The highest BCUT2D eigenvalue weighted by Crippen LogP contribution is 2.05. The van der Waals surface area contributed by atoms with Gasteiger partial charge in [0.15, 0.2) is 5.69 Å². The molecule has 0 aliphatic carbocycles. The number of esters is 1. The van der Waals surface area contributed by atoms with Crippen LogP contribution in [-0.4, -0.2) is 47.2 Å². The van der Waals surface area contributed by atoms with E-state index in [1.807, 2.05) is 0 Å². The minimum absolute atomic E-state index is 0.0518. The largest absolute Gasteiger partial charge is 0.464 e. The van der Waals surface area contributed by atoms with E-state index in [9.17, 15) is 13.6 Å². The number of hydrogen-bond donors (Lipinski definition) is 2. The normalized spacial score (nSPS) is 12.3. The van der Waals surface area contributed by atoms with Gasteiger partial charge in [0.1, 0.15) is 11.9 Å². The topological polar surface area (TPSA) is 84.3 Å². The van der Waals surface area contributed by atoms with Crippen molar-refractivity contribution >= 4 is 11.8 Å². The first-order valence-electron chi connectivity index (χ1n) is 4.65. The number of nitrogens with zero attached hydrogens (tertiary/aromatic N) is 2. The van der Waals surface area contributed by atoms with Crippen LogP contribution in [0.4, 0.5) is 14.6 Å². The summed E-state index contributed by atoms with van der Waals surface area (Å²) in [6, 6.07) is 0. The van der Waals surface area contributed by atoms with Crippen LogP contribution in [0.3, 0.4) is 0 Å². The zero-order valence-electron chi connectivity index (χ0n) is 8.93. The van der Waals surface area contributed by atoms with Crippen LogP contribution >= 0.6 is 0 Å². The summed E-state index contributed by atoms with van der Waals surface area (Å²) in [4.78, 5) is 18.5. The average Bonchev–Trinajstić information content (AvgIpc) is 2.35. The smallest absolute Gasteiger partial charge is 0.358 e. The summed E-state index contributed by atoms with van der Waals surface area (Å²) < 4.78 is 28.4. The molecule has 0 aliphatic heterocycles. The number of ether oxygens (including phenoxy) is 1. The van der Waals surface area contributed by atoms with Crippen LogP contribution in [0.1, 0.15) is 10.5 Å². The quantitative estimate of drug-likeness (QED) is 0.728. The fourth-order valence-electron chi connectivity index (χ4n) is 0.952. The van der Waals surface area contributed by atoms with Gasteiger partial charge in [-0.15, -0.1) is 0 Å². The Hall–Kier alpha value is -1.83. The van der Waals surface area contributed by atoms with Crippen LogP contribution in [0, 0.1) is 0 Å². The monoisotopic (exact) mass is 247 g/mol. The number of methoxy groups -OCH3 is 1. The van der Waals surface area contributed by atoms with Crippen molar-refractivity contribution in [2.24, 2.45) is 0 Å². The number of aliphatic hydroxyl groups is 1. The lowest BCUT2D eigenvalue weighted by molar-refractivity contribution is 0.00380. The van der Waals surface area contributed by atoms with Gasteiger partial charge in [-0.3, -0.25) is 4.98 Å². The molecule has 1 aromatic rings. The molecule has 0 saturated carbocycles. The molecule has 0 aliphatic rings. The summed E-state index contributed by atoms with van der Waals surface area (Å²) in [5.74, 6) is -0.580. The standard InChI is InChI=1S/C9H11F2N3O3/c1-17-9(16)5-2-12-4-7(14-5)13-3-6(15)8(10)11/h2,4,6,8,15H,3H2,1H3,(H,13,14). The molecule has 94 valence electrons. The third-order valence-electron chi connectivity index (χ3n) is 1.81. The van der Waals surface area contributed by atoms with Gasteiger partial charge >= 0.3 is 5.97 Å². The van der Waals surface area contributed by atoms with Crippen LogP contribution in [0.5, 0.6) is 0 Å². The number of halogens is 2. The molecule has 0 spiro atoms. The lowest BCUT2D eigenvalue weighted by atomic mass is 10.3. The van der Waals surface area contributed by atoms with E-state index in [4.69, 9.17) is 5.11 Å². The Kier molecular flexibility index (Phi) is 4.70. The summed E-state index contributed by atoms with van der Waals surface area (Å²) in [5, 5.41) is 11.3. The Morgan fingerprint density at radius 2 is 2.29 bits per heavy atom. The third kappa shape index (κ3) is 3.91. The van der Waals surface area contributed by atoms with Crippen molar-refractivity contribution in [2.75, 3.05) is 19.0 Å². The molecule has 1 atom stereocenters. The number of carbonyl (C=O) groups excluding carboxylic acids is 1. The van der Waals surface area contributed by atoms with Crippen molar-refractivity contribution in [1.82, 2.24) is 9.97 Å². The summed E-state index contributed by atoms with van der Waals surface area (Å²) in [5.41, 5.74) is -0.0518. The van der Waals surface area contributed by atoms with Crippen molar-refractivity contribution in [2.45, 2.75) is 12.5 Å². The van der Waals surface area contributed by atoms with E-state index in [-0.39, 0.29) is 11.5 Å². The molecule has 0 saturated heterocycles. The minimum atomic E-state index is -2.85. The first kappa shape index (κ1) is 13.2. The molecule has 0 amide bonds. The van der Waals surface area contributed by atoms with Crippen LogP contribution < -0.4 is 5.32 Å². The molecular weight excluding hydrogens is 236 g/mol. The molecule has 2 N–H and O–H groups in total. The Bertz CT molecular complexity index is 390. The minimum Gasteiger partial charge on any atom is -0.464 e. The molecule has 1 heterocycles. The van der Waals surface area contributed by atoms with Gasteiger partial charge in [0, 0.05) is 6.54 Å². The Balaban J connectivity index is 2.63. The van der Waals surface area contributed by atoms with E-state index in [0.717, 1.165) is 0 Å². The lowest BCUT2D eigenvalue weighted by Crippen LogP contribution is -2.27. The van der Waals surface area contributed by atoms with E-state index in [1.165, 1.54) is 19.5 Å². The number of hydrogen-bond acceptors (Lipinski definition) is 6. The van der Waals surface area contributed by atoms with E-state index >= 15 is 0 Å². The summed E-state index contributed by atoms with van der Waals surface area (Å²) in [6.07, 6.45) is -2.23. The van der Waals surface area contributed by atoms with E-state index < -0.39 is 25.0 Å².